The Kier molecular flexibility index (Phi) is 5.19. The Bertz CT molecular complexity index is 511. The molecular formula is C14H23N5O2. The fourth-order valence-corrected chi connectivity index (χ4v) is 2.14. The van der Waals surface area contributed by atoms with Crippen LogP contribution < -0.4 is 5.32 Å². The summed E-state index contributed by atoms with van der Waals surface area (Å²) < 4.78 is 2.02. The lowest BCUT2D eigenvalue weighted by Crippen LogP contribution is -2.42. The van der Waals surface area contributed by atoms with Gasteiger partial charge in [0.15, 0.2) is 0 Å². The molecule has 1 atom stereocenters. The molecule has 0 aromatic carbocycles. The molecule has 2 amide bonds. The summed E-state index contributed by atoms with van der Waals surface area (Å²) in [5.74, 6) is 0.951. The number of hydrogen-bond acceptors (Lipinski definition) is 4. The Morgan fingerprint density at radius 1 is 1.62 bits per heavy atom. The van der Waals surface area contributed by atoms with E-state index in [4.69, 9.17) is 4.84 Å². The summed E-state index contributed by atoms with van der Waals surface area (Å²) in [6.07, 6.45) is 5.34. The summed E-state index contributed by atoms with van der Waals surface area (Å²) in [6.45, 7) is 5.85. The number of nitrogens with one attached hydrogen (secondary N) is 1. The second-order valence-electron chi connectivity index (χ2n) is 5.22. The molecule has 1 N–H and O–H groups in total. The van der Waals surface area contributed by atoms with Crippen LogP contribution in [0.5, 0.6) is 0 Å². The Balaban J connectivity index is 1.67. The Morgan fingerprint density at radius 2 is 2.43 bits per heavy atom. The van der Waals surface area contributed by atoms with Gasteiger partial charge in [-0.3, -0.25) is 0 Å². The summed E-state index contributed by atoms with van der Waals surface area (Å²) in [5, 5.41) is 6.86. The van der Waals surface area contributed by atoms with Crippen LogP contribution in [0.25, 0.3) is 0 Å². The van der Waals surface area contributed by atoms with Crippen molar-refractivity contribution in [2.24, 2.45) is 5.16 Å². The van der Waals surface area contributed by atoms with Crippen LogP contribution in [0.4, 0.5) is 4.79 Å². The van der Waals surface area contributed by atoms with E-state index in [0.717, 1.165) is 30.9 Å². The van der Waals surface area contributed by atoms with E-state index in [9.17, 15) is 4.79 Å². The van der Waals surface area contributed by atoms with Crippen LogP contribution in [0.15, 0.2) is 17.5 Å². The van der Waals surface area contributed by atoms with Crippen molar-refractivity contribution in [2.75, 3.05) is 20.1 Å². The summed E-state index contributed by atoms with van der Waals surface area (Å²) in [5.41, 5.74) is 1.05. The van der Waals surface area contributed by atoms with Gasteiger partial charge in [0.05, 0.1) is 12.3 Å². The van der Waals surface area contributed by atoms with E-state index in [1.54, 1.807) is 18.1 Å². The molecule has 0 saturated carbocycles. The van der Waals surface area contributed by atoms with Crippen molar-refractivity contribution in [1.29, 1.82) is 0 Å². The zero-order chi connectivity index (χ0) is 15.2. The molecule has 2 rings (SSSR count). The molecule has 2 heterocycles. The van der Waals surface area contributed by atoms with Gasteiger partial charge in [-0.1, -0.05) is 12.1 Å². The number of urea groups is 1. The number of carbonyl (C=O) groups is 1. The van der Waals surface area contributed by atoms with E-state index in [1.807, 2.05) is 17.7 Å². The van der Waals surface area contributed by atoms with Gasteiger partial charge < -0.3 is 19.6 Å². The lowest BCUT2D eigenvalue weighted by atomic mass is 10.1. The number of aromatic nitrogens is 2. The molecule has 0 saturated heterocycles. The van der Waals surface area contributed by atoms with Crippen LogP contribution in [-0.2, 0) is 11.4 Å². The highest BCUT2D eigenvalue weighted by Gasteiger charge is 2.20. The largest absolute Gasteiger partial charge is 0.390 e. The summed E-state index contributed by atoms with van der Waals surface area (Å²) in [6, 6.07) is -0.0960. The first-order valence-electron chi connectivity index (χ1n) is 7.28. The molecule has 7 heteroatoms. The predicted molar refractivity (Wildman–Crippen MR) is 80.2 cm³/mol. The number of rotatable bonds is 6. The van der Waals surface area contributed by atoms with Gasteiger partial charge in [-0.25, -0.2) is 9.78 Å². The molecule has 1 aromatic heterocycles. The Hall–Kier alpha value is -2.05. The van der Waals surface area contributed by atoms with Gasteiger partial charge in [-0.15, -0.1) is 0 Å². The van der Waals surface area contributed by atoms with E-state index < -0.39 is 0 Å². The molecule has 0 radical (unpaired) electrons. The first-order chi connectivity index (χ1) is 10.1. The molecule has 1 aliphatic heterocycles. The van der Waals surface area contributed by atoms with Crippen LogP contribution in [-0.4, -0.2) is 52.4 Å². The quantitative estimate of drug-likeness (QED) is 0.861. The van der Waals surface area contributed by atoms with E-state index in [1.165, 1.54) is 0 Å². The smallest absolute Gasteiger partial charge is 0.317 e. The fourth-order valence-electron chi connectivity index (χ4n) is 2.14. The Labute approximate surface area is 125 Å². The van der Waals surface area contributed by atoms with Crippen molar-refractivity contribution in [1.82, 2.24) is 19.8 Å². The van der Waals surface area contributed by atoms with Gasteiger partial charge in [0.2, 0.25) is 0 Å². The summed E-state index contributed by atoms with van der Waals surface area (Å²) in [7, 11) is 1.78. The minimum absolute atomic E-state index is 0.0341. The van der Waals surface area contributed by atoms with Gasteiger partial charge >= 0.3 is 6.03 Å². The maximum absolute atomic E-state index is 12.0. The van der Waals surface area contributed by atoms with Crippen molar-refractivity contribution >= 4 is 11.7 Å². The van der Waals surface area contributed by atoms with Gasteiger partial charge in [0.25, 0.3) is 0 Å². The predicted octanol–water partition coefficient (Wildman–Crippen LogP) is 1.39. The van der Waals surface area contributed by atoms with Crippen LogP contribution in [0.3, 0.4) is 0 Å². The zero-order valence-corrected chi connectivity index (χ0v) is 12.9. The number of aryl methyl sites for hydroxylation is 1. The van der Waals surface area contributed by atoms with Crippen LogP contribution >= 0.6 is 0 Å². The second kappa shape index (κ2) is 7.10. The summed E-state index contributed by atoms with van der Waals surface area (Å²) in [4.78, 5) is 23.1. The third-order valence-electron chi connectivity index (χ3n) is 3.63. The number of imidazole rings is 1. The third kappa shape index (κ3) is 4.21. The molecule has 116 valence electrons. The third-order valence-corrected chi connectivity index (χ3v) is 3.63. The van der Waals surface area contributed by atoms with E-state index in [-0.39, 0.29) is 12.1 Å². The normalized spacial score (nSPS) is 17.3. The fraction of sp³-hybridized carbons (Fsp3) is 0.643. The van der Waals surface area contributed by atoms with Gasteiger partial charge in [-0.2, -0.15) is 0 Å². The lowest BCUT2D eigenvalue weighted by Gasteiger charge is -2.19. The van der Waals surface area contributed by atoms with Crippen molar-refractivity contribution < 1.29 is 9.63 Å². The number of nitrogens with zero attached hydrogens (tertiary/aromatic N) is 4. The molecule has 0 fully saturated rings. The SMILES string of the molecule is CCC1=NO[C@@H](CNC(=O)N(C)CCn2ccnc2C)C1. The molecule has 0 bridgehead atoms. The molecule has 7 nitrogen and oxygen atoms in total. The first-order valence-corrected chi connectivity index (χ1v) is 7.28. The molecule has 1 aliphatic rings. The second-order valence-corrected chi connectivity index (χ2v) is 5.22. The molecule has 1 aromatic rings. The number of likely N-dealkylation sites (N-methyl/N-ethyl adjacent to an activating group) is 1. The zero-order valence-electron chi connectivity index (χ0n) is 12.9. The first kappa shape index (κ1) is 15.3. The minimum atomic E-state index is -0.0960. The van der Waals surface area contributed by atoms with Crippen LogP contribution in [0, 0.1) is 6.92 Å². The van der Waals surface area contributed by atoms with Gasteiger partial charge in [-0.05, 0) is 13.3 Å². The molecular weight excluding hydrogens is 270 g/mol. The highest BCUT2D eigenvalue weighted by Crippen LogP contribution is 2.11. The van der Waals surface area contributed by atoms with E-state index in [0.29, 0.717) is 13.1 Å². The lowest BCUT2D eigenvalue weighted by molar-refractivity contribution is 0.0851. The van der Waals surface area contributed by atoms with Gasteiger partial charge in [0, 0.05) is 39.0 Å². The molecule has 0 aliphatic carbocycles. The van der Waals surface area contributed by atoms with Crippen molar-refractivity contribution in [2.45, 2.75) is 39.3 Å². The van der Waals surface area contributed by atoms with Crippen molar-refractivity contribution in [3.63, 3.8) is 0 Å². The maximum Gasteiger partial charge on any atom is 0.317 e. The average molecular weight is 293 g/mol. The number of carbonyl (C=O) groups excluding carboxylic acids is 1. The monoisotopic (exact) mass is 293 g/mol. The van der Waals surface area contributed by atoms with Crippen LogP contribution in [0.2, 0.25) is 0 Å². The van der Waals surface area contributed by atoms with Crippen molar-refractivity contribution in [3.05, 3.63) is 18.2 Å². The van der Waals surface area contributed by atoms with E-state index in [2.05, 4.69) is 22.4 Å². The maximum atomic E-state index is 12.0. The van der Waals surface area contributed by atoms with Gasteiger partial charge in [0.1, 0.15) is 11.9 Å². The average Bonchev–Trinajstić information content (AvgIpc) is 3.10. The van der Waals surface area contributed by atoms with E-state index >= 15 is 0 Å². The number of hydrogen-bond donors (Lipinski definition) is 1. The summed E-state index contributed by atoms with van der Waals surface area (Å²) >= 11 is 0. The molecule has 0 spiro atoms. The highest BCUT2D eigenvalue weighted by molar-refractivity contribution is 5.85. The number of amides is 2. The Morgan fingerprint density at radius 3 is 3.05 bits per heavy atom. The van der Waals surface area contributed by atoms with Crippen molar-refractivity contribution in [3.8, 4) is 0 Å². The van der Waals surface area contributed by atoms with Crippen LogP contribution in [0.1, 0.15) is 25.6 Å². The molecule has 21 heavy (non-hydrogen) atoms. The molecule has 0 unspecified atom stereocenters. The standard InChI is InChI=1S/C14H23N5O2/c1-4-12-9-13(21-17-12)10-16-14(20)18(3)7-8-19-6-5-15-11(19)2/h5-6,13H,4,7-10H2,1-3H3,(H,16,20)/t13-/m1/s1. The number of oxime groups is 1. The highest BCUT2D eigenvalue weighted by atomic mass is 16.6. The topological polar surface area (TPSA) is 71.8 Å². The minimum Gasteiger partial charge on any atom is -0.390 e.